The number of nitrogens with one attached hydrogen (secondary N) is 1. The Morgan fingerprint density at radius 3 is 2.42 bits per heavy atom. The molecule has 0 aliphatic carbocycles. The molecule has 5 nitrogen and oxygen atoms in total. The van der Waals surface area contributed by atoms with E-state index in [1.165, 1.54) is 5.69 Å². The number of aliphatic hydroxyl groups is 1. The summed E-state index contributed by atoms with van der Waals surface area (Å²) in [5.74, 6) is 0.514. The molecule has 0 radical (unpaired) electrons. The maximum absolute atomic E-state index is 9.25. The number of anilines is 1. The molecule has 102 valence electrons. The van der Waals surface area contributed by atoms with Crippen LogP contribution in [0.25, 0.3) is 5.69 Å². The second-order valence-electron chi connectivity index (χ2n) is 4.13. The van der Waals surface area contributed by atoms with Crippen molar-refractivity contribution in [3.8, 4) is 5.69 Å². The first kappa shape index (κ1) is 13.8. The number of H-pyrrole nitrogens is 1. The average molecular weight is 278 g/mol. The summed E-state index contributed by atoms with van der Waals surface area (Å²) < 4.78 is 2.22. The third-order valence-electron chi connectivity index (χ3n) is 3.12. The van der Waals surface area contributed by atoms with Crippen molar-refractivity contribution in [3.05, 3.63) is 34.9 Å². The van der Waals surface area contributed by atoms with Crippen molar-refractivity contribution >= 4 is 17.9 Å². The molecule has 0 amide bonds. The molecule has 0 bridgehead atoms. The van der Waals surface area contributed by atoms with Gasteiger partial charge in [-0.2, -0.15) is 5.10 Å². The Hall–Kier alpha value is -1.66. The van der Waals surface area contributed by atoms with Crippen molar-refractivity contribution in [2.24, 2.45) is 0 Å². The van der Waals surface area contributed by atoms with Crippen molar-refractivity contribution in [2.75, 3.05) is 18.0 Å². The third-order valence-corrected chi connectivity index (χ3v) is 3.39. The molecule has 6 heteroatoms. The van der Waals surface area contributed by atoms with Gasteiger partial charge in [0.25, 0.3) is 0 Å². The molecule has 0 atom stereocenters. The van der Waals surface area contributed by atoms with Crippen LogP contribution in [-0.4, -0.2) is 33.0 Å². The summed E-state index contributed by atoms with van der Waals surface area (Å²) in [6, 6.07) is 8.08. The lowest BCUT2D eigenvalue weighted by molar-refractivity contribution is 0.269. The van der Waals surface area contributed by atoms with Crippen LogP contribution in [0.15, 0.2) is 24.3 Å². The number of benzene rings is 1. The van der Waals surface area contributed by atoms with Crippen LogP contribution >= 0.6 is 12.2 Å². The highest BCUT2D eigenvalue weighted by Crippen LogP contribution is 2.18. The van der Waals surface area contributed by atoms with Crippen LogP contribution in [0, 0.1) is 4.77 Å². The van der Waals surface area contributed by atoms with E-state index in [-0.39, 0.29) is 6.61 Å². The van der Waals surface area contributed by atoms with Crippen LogP contribution in [-0.2, 0) is 6.61 Å². The van der Waals surface area contributed by atoms with Crippen LogP contribution in [0.4, 0.5) is 5.69 Å². The van der Waals surface area contributed by atoms with Crippen LogP contribution in [0.1, 0.15) is 19.7 Å². The topological polar surface area (TPSA) is 57.1 Å². The summed E-state index contributed by atoms with van der Waals surface area (Å²) in [5.41, 5.74) is 2.08. The Bertz CT molecular complexity index is 583. The number of aromatic nitrogens is 3. The number of nitrogens with zero attached hydrogens (tertiary/aromatic N) is 3. The molecule has 0 aliphatic heterocycles. The van der Waals surface area contributed by atoms with Gasteiger partial charge in [0.1, 0.15) is 6.61 Å². The zero-order valence-electron chi connectivity index (χ0n) is 11.1. The average Bonchev–Trinajstić information content (AvgIpc) is 2.82. The fourth-order valence-corrected chi connectivity index (χ4v) is 2.36. The standard InChI is InChI=1S/C13H18N4OS/c1-3-16(4-2)10-5-7-11(8-6-10)17-12(9-18)14-15-13(17)19/h5-8,18H,3-4,9H2,1-2H3,(H,15,19). The van der Waals surface area contributed by atoms with Crippen molar-refractivity contribution in [3.63, 3.8) is 0 Å². The number of hydrogen-bond donors (Lipinski definition) is 2. The Morgan fingerprint density at radius 1 is 1.26 bits per heavy atom. The lowest BCUT2D eigenvalue weighted by Gasteiger charge is -2.21. The van der Waals surface area contributed by atoms with E-state index >= 15 is 0 Å². The number of aromatic amines is 1. The van der Waals surface area contributed by atoms with Crippen LogP contribution in [0.5, 0.6) is 0 Å². The van der Waals surface area contributed by atoms with E-state index in [9.17, 15) is 5.11 Å². The predicted octanol–water partition coefficient (Wildman–Crippen LogP) is 2.27. The van der Waals surface area contributed by atoms with Gasteiger partial charge < -0.3 is 10.0 Å². The SMILES string of the molecule is CCN(CC)c1ccc(-n2c(CO)n[nH]c2=S)cc1. The highest BCUT2D eigenvalue weighted by Gasteiger charge is 2.08. The van der Waals surface area contributed by atoms with Gasteiger partial charge in [0.05, 0.1) is 0 Å². The molecule has 1 aromatic carbocycles. The summed E-state index contributed by atoms with van der Waals surface area (Å²) in [6.45, 7) is 6.07. The fourth-order valence-electron chi connectivity index (χ4n) is 2.10. The second-order valence-corrected chi connectivity index (χ2v) is 4.51. The van der Waals surface area contributed by atoms with E-state index in [2.05, 4.69) is 41.1 Å². The van der Waals surface area contributed by atoms with Gasteiger partial charge in [0, 0.05) is 24.5 Å². The zero-order valence-corrected chi connectivity index (χ0v) is 11.9. The number of rotatable bonds is 5. The molecule has 2 N–H and O–H groups in total. The maximum atomic E-state index is 9.25. The Morgan fingerprint density at radius 2 is 1.89 bits per heavy atom. The smallest absolute Gasteiger partial charge is 0.199 e. The van der Waals surface area contributed by atoms with E-state index in [1.54, 1.807) is 4.57 Å². The molecule has 0 saturated carbocycles. The molecule has 0 unspecified atom stereocenters. The molecule has 1 heterocycles. The van der Waals surface area contributed by atoms with Gasteiger partial charge in [-0.1, -0.05) is 0 Å². The highest BCUT2D eigenvalue weighted by atomic mass is 32.1. The minimum atomic E-state index is -0.148. The normalized spacial score (nSPS) is 10.7. The second kappa shape index (κ2) is 5.99. The van der Waals surface area contributed by atoms with Crippen molar-refractivity contribution < 1.29 is 5.11 Å². The lowest BCUT2D eigenvalue weighted by Crippen LogP contribution is -2.21. The largest absolute Gasteiger partial charge is 0.388 e. The van der Waals surface area contributed by atoms with Crippen molar-refractivity contribution in [1.29, 1.82) is 0 Å². The van der Waals surface area contributed by atoms with Gasteiger partial charge in [-0.05, 0) is 50.3 Å². The molecule has 2 aromatic rings. The van der Waals surface area contributed by atoms with Gasteiger partial charge in [0.15, 0.2) is 10.6 Å². The van der Waals surface area contributed by atoms with Gasteiger partial charge >= 0.3 is 0 Å². The molecule has 19 heavy (non-hydrogen) atoms. The summed E-state index contributed by atoms with van der Waals surface area (Å²) >= 11 is 5.17. The van der Waals surface area contributed by atoms with Crippen molar-refractivity contribution in [1.82, 2.24) is 14.8 Å². The quantitative estimate of drug-likeness (QED) is 0.824. The van der Waals surface area contributed by atoms with Crippen LogP contribution in [0.3, 0.4) is 0 Å². The van der Waals surface area contributed by atoms with E-state index in [1.807, 2.05) is 12.1 Å². The lowest BCUT2D eigenvalue weighted by atomic mass is 10.2. The molecule has 0 aliphatic rings. The first-order valence-electron chi connectivity index (χ1n) is 6.33. The summed E-state index contributed by atoms with van der Waals surface area (Å²) in [4.78, 5) is 2.27. The van der Waals surface area contributed by atoms with Gasteiger partial charge in [0.2, 0.25) is 0 Å². The summed E-state index contributed by atoms with van der Waals surface area (Å²) in [5, 5.41) is 15.9. The molecular formula is C13H18N4OS. The van der Waals surface area contributed by atoms with Gasteiger partial charge in [-0.3, -0.25) is 9.67 Å². The predicted molar refractivity (Wildman–Crippen MR) is 78.2 cm³/mol. The van der Waals surface area contributed by atoms with E-state index in [0.717, 1.165) is 18.8 Å². The molecular weight excluding hydrogens is 260 g/mol. The summed E-state index contributed by atoms with van der Waals surface area (Å²) in [6.07, 6.45) is 0. The molecule has 0 spiro atoms. The third kappa shape index (κ3) is 2.69. The van der Waals surface area contributed by atoms with E-state index in [4.69, 9.17) is 12.2 Å². The summed E-state index contributed by atoms with van der Waals surface area (Å²) in [7, 11) is 0. The maximum Gasteiger partial charge on any atom is 0.199 e. The molecule has 0 fully saturated rings. The zero-order chi connectivity index (χ0) is 13.8. The number of hydrogen-bond acceptors (Lipinski definition) is 4. The van der Waals surface area contributed by atoms with Crippen molar-refractivity contribution in [2.45, 2.75) is 20.5 Å². The Balaban J connectivity index is 2.37. The Labute approximate surface area is 117 Å². The van der Waals surface area contributed by atoms with Crippen LogP contribution in [0.2, 0.25) is 0 Å². The van der Waals surface area contributed by atoms with E-state index < -0.39 is 0 Å². The molecule has 2 rings (SSSR count). The molecule has 0 saturated heterocycles. The highest BCUT2D eigenvalue weighted by molar-refractivity contribution is 7.71. The Kier molecular flexibility index (Phi) is 4.34. The van der Waals surface area contributed by atoms with Gasteiger partial charge in [-0.25, -0.2) is 0 Å². The first-order valence-corrected chi connectivity index (χ1v) is 6.74. The number of aliphatic hydroxyl groups excluding tert-OH is 1. The minimum Gasteiger partial charge on any atom is -0.388 e. The van der Waals surface area contributed by atoms with Crippen LogP contribution < -0.4 is 4.90 Å². The van der Waals surface area contributed by atoms with E-state index in [0.29, 0.717) is 10.6 Å². The minimum absolute atomic E-state index is 0.148. The monoisotopic (exact) mass is 278 g/mol. The fraction of sp³-hybridized carbons (Fsp3) is 0.385. The first-order chi connectivity index (χ1) is 9.21. The van der Waals surface area contributed by atoms with Gasteiger partial charge in [-0.15, -0.1) is 0 Å². The molecule has 1 aromatic heterocycles.